The molecule has 0 aliphatic carbocycles. The van der Waals surface area contributed by atoms with Gasteiger partial charge in [-0.15, -0.1) is 0 Å². The van der Waals surface area contributed by atoms with Gasteiger partial charge in [-0.25, -0.2) is 4.79 Å². The molecule has 0 amide bonds. The second-order valence-electron chi connectivity index (χ2n) is 5.00. The molecule has 2 heterocycles. The molecule has 1 aromatic carbocycles. The summed E-state index contributed by atoms with van der Waals surface area (Å²) in [5, 5.41) is 0. The van der Waals surface area contributed by atoms with Crippen LogP contribution in [0.2, 0.25) is 0 Å². The number of rotatable bonds is 3. The van der Waals surface area contributed by atoms with Crippen LogP contribution in [-0.2, 0) is 9.47 Å². The van der Waals surface area contributed by atoms with Crippen LogP contribution in [0.5, 0.6) is 0 Å². The summed E-state index contributed by atoms with van der Waals surface area (Å²) in [6.07, 6.45) is 5.47. The summed E-state index contributed by atoms with van der Waals surface area (Å²) in [5.74, 6) is -0.347. The predicted molar refractivity (Wildman–Crippen MR) is 73.4 cm³/mol. The molecule has 1 aliphatic heterocycles. The van der Waals surface area contributed by atoms with Crippen LogP contribution >= 0.6 is 0 Å². The van der Waals surface area contributed by atoms with Gasteiger partial charge in [0.2, 0.25) is 0 Å². The van der Waals surface area contributed by atoms with Crippen LogP contribution in [-0.4, -0.2) is 34.8 Å². The molecule has 1 fully saturated rings. The van der Waals surface area contributed by atoms with Gasteiger partial charge < -0.3 is 9.47 Å². The van der Waals surface area contributed by atoms with Gasteiger partial charge in [0.15, 0.2) is 0 Å². The third kappa shape index (κ3) is 2.77. The maximum absolute atomic E-state index is 12.0. The van der Waals surface area contributed by atoms with Crippen LogP contribution in [0.3, 0.4) is 0 Å². The Morgan fingerprint density at radius 3 is 2.85 bits per heavy atom. The van der Waals surface area contributed by atoms with Crippen LogP contribution in [0.25, 0.3) is 11.0 Å². The molecule has 0 bridgehead atoms. The van der Waals surface area contributed by atoms with Gasteiger partial charge in [-0.2, -0.15) is 0 Å². The van der Waals surface area contributed by atoms with Crippen molar-refractivity contribution in [3.8, 4) is 0 Å². The van der Waals surface area contributed by atoms with E-state index in [0.29, 0.717) is 17.7 Å². The lowest BCUT2D eigenvalue weighted by atomic mass is 10.2. The lowest BCUT2D eigenvalue weighted by Gasteiger charge is -2.11. The number of carbonyl (C=O) groups is 1. The Morgan fingerprint density at radius 2 is 2.10 bits per heavy atom. The first-order chi connectivity index (χ1) is 9.72. The van der Waals surface area contributed by atoms with E-state index in [1.54, 1.807) is 30.6 Å². The van der Waals surface area contributed by atoms with Crippen molar-refractivity contribution in [2.45, 2.75) is 32.0 Å². The van der Waals surface area contributed by atoms with Gasteiger partial charge in [0.05, 0.1) is 28.8 Å². The summed E-state index contributed by atoms with van der Waals surface area (Å²) in [7, 11) is 0. The number of fused-ring (bicyclic) bond motifs is 1. The second-order valence-corrected chi connectivity index (χ2v) is 5.00. The standard InChI is InChI=1S/C15H16N2O3/c1-10-2-4-12(20-10)9-19-15(18)11-3-5-13-14(8-11)17-7-6-16-13/h3,5-8,10,12H,2,4,9H2,1H3/t10-,12+/m1/s1. The number of carbonyl (C=O) groups excluding carboxylic acids is 1. The van der Waals surface area contributed by atoms with Crippen LogP contribution < -0.4 is 0 Å². The molecule has 0 saturated carbocycles. The first kappa shape index (κ1) is 13.0. The molecule has 5 nitrogen and oxygen atoms in total. The van der Waals surface area contributed by atoms with Crippen molar-refractivity contribution in [3.05, 3.63) is 36.2 Å². The molecule has 2 aromatic rings. The first-order valence-electron chi connectivity index (χ1n) is 6.76. The summed E-state index contributed by atoms with van der Waals surface area (Å²) >= 11 is 0. The number of ether oxygens (including phenoxy) is 2. The average molecular weight is 272 g/mol. The van der Waals surface area contributed by atoms with Gasteiger partial charge in [0, 0.05) is 12.4 Å². The first-order valence-corrected chi connectivity index (χ1v) is 6.76. The molecule has 5 heteroatoms. The van der Waals surface area contributed by atoms with Crippen molar-refractivity contribution in [1.29, 1.82) is 0 Å². The number of hydrogen-bond donors (Lipinski definition) is 0. The third-order valence-corrected chi connectivity index (χ3v) is 3.43. The average Bonchev–Trinajstić information content (AvgIpc) is 2.90. The molecule has 1 aliphatic rings. The zero-order chi connectivity index (χ0) is 13.9. The predicted octanol–water partition coefficient (Wildman–Crippen LogP) is 2.35. The van der Waals surface area contributed by atoms with Gasteiger partial charge >= 0.3 is 5.97 Å². The van der Waals surface area contributed by atoms with E-state index in [0.717, 1.165) is 18.4 Å². The van der Waals surface area contributed by atoms with Gasteiger partial charge in [-0.3, -0.25) is 9.97 Å². The highest BCUT2D eigenvalue weighted by atomic mass is 16.6. The Kier molecular flexibility index (Phi) is 3.60. The van der Waals surface area contributed by atoms with Gasteiger partial charge in [0.25, 0.3) is 0 Å². The minimum Gasteiger partial charge on any atom is -0.459 e. The van der Waals surface area contributed by atoms with Crippen LogP contribution in [0.4, 0.5) is 0 Å². The molecule has 1 saturated heterocycles. The van der Waals surface area contributed by atoms with E-state index < -0.39 is 0 Å². The number of aromatic nitrogens is 2. The fraction of sp³-hybridized carbons (Fsp3) is 0.400. The number of esters is 1. The van der Waals surface area contributed by atoms with E-state index in [1.165, 1.54) is 0 Å². The third-order valence-electron chi connectivity index (χ3n) is 3.43. The molecule has 3 rings (SSSR count). The van der Waals surface area contributed by atoms with E-state index in [1.807, 2.05) is 6.92 Å². The highest BCUT2D eigenvalue weighted by molar-refractivity contribution is 5.93. The topological polar surface area (TPSA) is 61.3 Å². The quantitative estimate of drug-likeness (QED) is 0.803. The van der Waals surface area contributed by atoms with Gasteiger partial charge in [-0.1, -0.05) is 0 Å². The molecule has 20 heavy (non-hydrogen) atoms. The van der Waals surface area contributed by atoms with Crippen molar-refractivity contribution >= 4 is 17.0 Å². The number of benzene rings is 1. The van der Waals surface area contributed by atoms with E-state index in [-0.39, 0.29) is 18.2 Å². The minimum absolute atomic E-state index is 0.0224. The van der Waals surface area contributed by atoms with Crippen LogP contribution in [0, 0.1) is 0 Å². The van der Waals surface area contributed by atoms with Crippen molar-refractivity contribution in [1.82, 2.24) is 9.97 Å². The highest BCUT2D eigenvalue weighted by Crippen LogP contribution is 2.19. The Balaban J connectivity index is 1.66. The van der Waals surface area contributed by atoms with Crippen molar-refractivity contribution in [2.24, 2.45) is 0 Å². The van der Waals surface area contributed by atoms with Crippen molar-refractivity contribution < 1.29 is 14.3 Å². The normalized spacial score (nSPS) is 22.1. The van der Waals surface area contributed by atoms with Gasteiger partial charge in [-0.05, 0) is 38.0 Å². The molecule has 0 unspecified atom stereocenters. The molecule has 1 aromatic heterocycles. The Bertz CT molecular complexity index is 629. The summed E-state index contributed by atoms with van der Waals surface area (Å²) in [5.41, 5.74) is 1.94. The molecule has 0 spiro atoms. The Labute approximate surface area is 116 Å². The monoisotopic (exact) mass is 272 g/mol. The Morgan fingerprint density at radius 1 is 1.30 bits per heavy atom. The molecule has 0 radical (unpaired) electrons. The number of nitrogens with zero attached hydrogens (tertiary/aromatic N) is 2. The summed E-state index contributed by atoms with van der Waals surface area (Å²) in [4.78, 5) is 20.3. The Hall–Kier alpha value is -2.01. The molecular weight excluding hydrogens is 256 g/mol. The smallest absolute Gasteiger partial charge is 0.338 e. The molecule has 0 N–H and O–H groups in total. The summed E-state index contributed by atoms with van der Waals surface area (Å²) in [6, 6.07) is 5.17. The fourth-order valence-corrected chi connectivity index (χ4v) is 2.35. The molecule has 104 valence electrons. The maximum Gasteiger partial charge on any atom is 0.338 e. The summed E-state index contributed by atoms with van der Waals surface area (Å²) < 4.78 is 10.9. The molecular formula is C15H16N2O3. The maximum atomic E-state index is 12.0. The molecule has 2 atom stereocenters. The zero-order valence-electron chi connectivity index (χ0n) is 11.3. The van der Waals surface area contributed by atoms with E-state index in [2.05, 4.69) is 9.97 Å². The second kappa shape index (κ2) is 5.54. The lowest BCUT2D eigenvalue weighted by molar-refractivity contribution is -0.00265. The van der Waals surface area contributed by atoms with E-state index >= 15 is 0 Å². The van der Waals surface area contributed by atoms with Crippen LogP contribution in [0.1, 0.15) is 30.1 Å². The minimum atomic E-state index is -0.347. The van der Waals surface area contributed by atoms with Gasteiger partial charge in [0.1, 0.15) is 6.61 Å². The van der Waals surface area contributed by atoms with Crippen molar-refractivity contribution in [2.75, 3.05) is 6.61 Å². The highest BCUT2D eigenvalue weighted by Gasteiger charge is 2.23. The SMILES string of the molecule is C[C@@H]1CC[C@@H](COC(=O)c2ccc3nccnc3c2)O1. The zero-order valence-corrected chi connectivity index (χ0v) is 11.3. The fourth-order valence-electron chi connectivity index (χ4n) is 2.35. The van der Waals surface area contributed by atoms with E-state index in [9.17, 15) is 4.79 Å². The number of hydrogen-bond acceptors (Lipinski definition) is 5. The van der Waals surface area contributed by atoms with Crippen LogP contribution in [0.15, 0.2) is 30.6 Å². The lowest BCUT2D eigenvalue weighted by Crippen LogP contribution is -2.19. The largest absolute Gasteiger partial charge is 0.459 e. The van der Waals surface area contributed by atoms with E-state index in [4.69, 9.17) is 9.47 Å². The summed E-state index contributed by atoms with van der Waals surface area (Å²) in [6.45, 7) is 2.34. The van der Waals surface area contributed by atoms with Crippen molar-refractivity contribution in [3.63, 3.8) is 0 Å².